The highest BCUT2D eigenvalue weighted by Gasteiger charge is 2.11. The molecule has 0 saturated heterocycles. The van der Waals surface area contributed by atoms with Crippen LogP contribution < -0.4 is 0 Å². The van der Waals surface area contributed by atoms with Crippen LogP contribution in [-0.2, 0) is 6.42 Å². The van der Waals surface area contributed by atoms with Gasteiger partial charge in [-0.15, -0.1) is 0 Å². The van der Waals surface area contributed by atoms with E-state index in [0.29, 0.717) is 5.69 Å². The first kappa shape index (κ1) is 12.8. The second kappa shape index (κ2) is 4.90. The Hall–Kier alpha value is -1.68. The average molecular weight is 245 g/mol. The third kappa shape index (κ3) is 2.16. The molecule has 2 heterocycles. The molecule has 0 aliphatic carbocycles. The van der Waals surface area contributed by atoms with Crippen LogP contribution in [0.25, 0.3) is 5.69 Å². The van der Waals surface area contributed by atoms with Gasteiger partial charge in [-0.25, -0.2) is 4.68 Å². The molecule has 18 heavy (non-hydrogen) atoms. The van der Waals surface area contributed by atoms with Crippen molar-refractivity contribution in [3.05, 3.63) is 41.0 Å². The molecule has 1 N–H and O–H groups in total. The van der Waals surface area contributed by atoms with Crippen molar-refractivity contribution in [2.24, 2.45) is 0 Å². The number of hydrogen-bond acceptors (Lipinski definition) is 3. The van der Waals surface area contributed by atoms with Crippen LogP contribution in [0, 0.1) is 13.8 Å². The van der Waals surface area contributed by atoms with Crippen LogP contribution >= 0.6 is 0 Å². The summed E-state index contributed by atoms with van der Waals surface area (Å²) in [6.07, 6.45) is 2.20. The average Bonchev–Trinajstić information content (AvgIpc) is 2.64. The van der Waals surface area contributed by atoms with E-state index in [2.05, 4.69) is 23.9 Å². The molecule has 2 aromatic rings. The van der Waals surface area contributed by atoms with E-state index in [4.69, 9.17) is 0 Å². The minimum Gasteiger partial charge on any atom is -0.387 e. The summed E-state index contributed by atoms with van der Waals surface area (Å²) >= 11 is 0. The van der Waals surface area contributed by atoms with Crippen LogP contribution in [-0.4, -0.2) is 19.9 Å². The predicted molar refractivity (Wildman–Crippen MR) is 70.8 cm³/mol. The Bertz CT molecular complexity index is 541. The molecule has 0 aliphatic rings. The lowest BCUT2D eigenvalue weighted by molar-refractivity contribution is 0.194. The van der Waals surface area contributed by atoms with Crippen molar-refractivity contribution in [1.82, 2.24) is 14.8 Å². The summed E-state index contributed by atoms with van der Waals surface area (Å²) in [4.78, 5) is 4.25. The van der Waals surface area contributed by atoms with Crippen molar-refractivity contribution in [3.8, 4) is 5.69 Å². The molecular formula is C14H19N3O. The van der Waals surface area contributed by atoms with E-state index in [9.17, 15) is 5.11 Å². The molecule has 1 atom stereocenters. The zero-order valence-electron chi connectivity index (χ0n) is 11.3. The van der Waals surface area contributed by atoms with Gasteiger partial charge < -0.3 is 5.11 Å². The number of aliphatic hydroxyl groups is 1. The van der Waals surface area contributed by atoms with Crippen molar-refractivity contribution in [2.75, 3.05) is 0 Å². The number of aryl methyl sites for hydroxylation is 1. The Morgan fingerprint density at radius 3 is 2.50 bits per heavy atom. The third-order valence-electron chi connectivity index (χ3n) is 3.24. The minimum absolute atomic E-state index is 0.536. The fraction of sp³-hybridized carbons (Fsp3) is 0.429. The monoisotopic (exact) mass is 245 g/mol. The number of nitrogens with zero attached hydrogens (tertiary/aromatic N) is 3. The molecule has 0 amide bonds. The Morgan fingerprint density at radius 2 is 2.06 bits per heavy atom. The fourth-order valence-corrected chi connectivity index (χ4v) is 2.21. The zero-order chi connectivity index (χ0) is 13.3. The molecule has 2 aromatic heterocycles. The van der Waals surface area contributed by atoms with Gasteiger partial charge in [0.2, 0.25) is 0 Å². The van der Waals surface area contributed by atoms with Crippen molar-refractivity contribution in [2.45, 2.75) is 40.2 Å². The van der Waals surface area contributed by atoms with E-state index < -0.39 is 6.10 Å². The second-order valence-electron chi connectivity index (χ2n) is 4.53. The van der Waals surface area contributed by atoms with Gasteiger partial charge in [0.25, 0.3) is 0 Å². The maximum Gasteiger partial charge on any atom is 0.0931 e. The van der Waals surface area contributed by atoms with E-state index in [1.165, 1.54) is 5.56 Å². The van der Waals surface area contributed by atoms with Gasteiger partial charge in [0.15, 0.2) is 0 Å². The number of aromatic nitrogens is 3. The summed E-state index contributed by atoms with van der Waals surface area (Å²) in [5.74, 6) is 0. The molecule has 0 aromatic carbocycles. The normalized spacial score (nSPS) is 12.7. The first-order chi connectivity index (χ1) is 8.54. The molecule has 0 radical (unpaired) electrons. The first-order valence-electron chi connectivity index (χ1n) is 6.24. The summed E-state index contributed by atoms with van der Waals surface area (Å²) in [6, 6.07) is 3.77. The third-order valence-corrected chi connectivity index (χ3v) is 3.24. The lowest BCUT2D eigenvalue weighted by Gasteiger charge is -2.07. The Labute approximate surface area is 107 Å². The van der Waals surface area contributed by atoms with Crippen LogP contribution in [0.2, 0.25) is 0 Å². The minimum atomic E-state index is -0.536. The quantitative estimate of drug-likeness (QED) is 0.904. The van der Waals surface area contributed by atoms with Crippen LogP contribution in [0.4, 0.5) is 0 Å². The molecule has 0 aliphatic heterocycles. The van der Waals surface area contributed by atoms with Crippen molar-refractivity contribution in [1.29, 1.82) is 0 Å². The summed E-state index contributed by atoms with van der Waals surface area (Å²) in [6.45, 7) is 7.94. The SMILES string of the molecule is CCc1c(C)nn(-c2ccc(C(C)O)nc2)c1C. The molecule has 0 bridgehead atoms. The maximum absolute atomic E-state index is 9.44. The fourth-order valence-electron chi connectivity index (χ4n) is 2.21. The van der Waals surface area contributed by atoms with Gasteiger partial charge in [0.05, 0.1) is 29.4 Å². The van der Waals surface area contributed by atoms with Crippen molar-refractivity contribution >= 4 is 0 Å². The van der Waals surface area contributed by atoms with E-state index in [-0.39, 0.29) is 0 Å². The standard InChI is InChI=1S/C14H19N3O/c1-5-13-9(2)16-17(10(13)3)12-6-7-14(11(4)18)15-8-12/h6-8,11,18H,5H2,1-4H3. The van der Waals surface area contributed by atoms with Crippen LogP contribution in [0.15, 0.2) is 18.3 Å². The molecule has 0 saturated carbocycles. The highest BCUT2D eigenvalue weighted by molar-refractivity contribution is 5.36. The van der Waals surface area contributed by atoms with Gasteiger partial charge in [0, 0.05) is 5.69 Å². The zero-order valence-corrected chi connectivity index (χ0v) is 11.3. The number of rotatable bonds is 3. The van der Waals surface area contributed by atoms with Gasteiger partial charge in [-0.2, -0.15) is 5.10 Å². The molecule has 1 unspecified atom stereocenters. The summed E-state index contributed by atoms with van der Waals surface area (Å²) in [5.41, 5.74) is 5.11. The van der Waals surface area contributed by atoms with Gasteiger partial charge in [-0.3, -0.25) is 4.98 Å². The Balaban J connectivity index is 2.43. The predicted octanol–water partition coefficient (Wildman–Crippen LogP) is 2.50. The largest absolute Gasteiger partial charge is 0.387 e. The van der Waals surface area contributed by atoms with Crippen LogP contribution in [0.1, 0.15) is 42.6 Å². The van der Waals surface area contributed by atoms with Gasteiger partial charge in [0.1, 0.15) is 0 Å². The number of pyridine rings is 1. The number of aliphatic hydroxyl groups excluding tert-OH is 1. The Morgan fingerprint density at radius 1 is 1.33 bits per heavy atom. The lowest BCUT2D eigenvalue weighted by Crippen LogP contribution is -2.02. The molecule has 4 heteroatoms. The maximum atomic E-state index is 9.44. The topological polar surface area (TPSA) is 50.9 Å². The smallest absolute Gasteiger partial charge is 0.0931 e. The summed E-state index contributed by atoms with van der Waals surface area (Å²) < 4.78 is 1.91. The van der Waals surface area contributed by atoms with Crippen molar-refractivity contribution in [3.63, 3.8) is 0 Å². The summed E-state index contributed by atoms with van der Waals surface area (Å²) in [5, 5.41) is 14.0. The lowest BCUT2D eigenvalue weighted by atomic mass is 10.1. The Kier molecular flexibility index (Phi) is 3.48. The van der Waals surface area contributed by atoms with E-state index in [0.717, 1.165) is 23.5 Å². The molecule has 0 spiro atoms. The van der Waals surface area contributed by atoms with Gasteiger partial charge >= 0.3 is 0 Å². The molecule has 96 valence electrons. The van der Waals surface area contributed by atoms with Crippen molar-refractivity contribution < 1.29 is 5.11 Å². The highest BCUT2D eigenvalue weighted by atomic mass is 16.3. The molecule has 0 fully saturated rings. The molecular weight excluding hydrogens is 226 g/mol. The molecule has 4 nitrogen and oxygen atoms in total. The van der Waals surface area contributed by atoms with Crippen LogP contribution in [0.5, 0.6) is 0 Å². The molecule has 2 rings (SSSR count). The number of hydrogen-bond donors (Lipinski definition) is 1. The van der Waals surface area contributed by atoms with Gasteiger partial charge in [-0.05, 0) is 44.9 Å². The first-order valence-corrected chi connectivity index (χ1v) is 6.24. The van der Waals surface area contributed by atoms with Gasteiger partial charge in [-0.1, -0.05) is 6.92 Å². The second-order valence-corrected chi connectivity index (χ2v) is 4.53. The van der Waals surface area contributed by atoms with E-state index in [1.807, 2.05) is 23.7 Å². The summed E-state index contributed by atoms with van der Waals surface area (Å²) in [7, 11) is 0. The highest BCUT2D eigenvalue weighted by Crippen LogP contribution is 2.18. The van der Waals surface area contributed by atoms with E-state index in [1.54, 1.807) is 13.1 Å². The van der Waals surface area contributed by atoms with E-state index >= 15 is 0 Å². The van der Waals surface area contributed by atoms with Crippen LogP contribution in [0.3, 0.4) is 0 Å².